The van der Waals surface area contributed by atoms with Gasteiger partial charge < -0.3 is 7.43 Å². The van der Waals surface area contributed by atoms with Crippen molar-refractivity contribution in [2.24, 2.45) is 0 Å². The summed E-state index contributed by atoms with van der Waals surface area (Å²) in [4.78, 5) is 0. The molecule has 0 heterocycles. The summed E-state index contributed by atoms with van der Waals surface area (Å²) in [6.07, 6.45) is 0.471. The first kappa shape index (κ1) is 16.5. The molecule has 0 rings (SSSR count). The average Bonchev–Trinajstić information content (AvgIpc) is 1.30. The van der Waals surface area contributed by atoms with Crippen molar-refractivity contribution in [3.63, 3.8) is 0 Å². The molecule has 5 heteroatoms. The van der Waals surface area contributed by atoms with Crippen molar-refractivity contribution >= 4 is 10.1 Å². The summed E-state index contributed by atoms with van der Waals surface area (Å²) in [5.74, 6) is -0.132. The first-order valence-corrected chi connectivity index (χ1v) is 3.62. The molecule has 0 atom stereocenters. The van der Waals surface area contributed by atoms with Crippen LogP contribution in [0.4, 0.5) is 0 Å². The molecule has 52 valence electrons. The third kappa shape index (κ3) is 17.6. The monoisotopic (exact) mass is 162 g/mol. The summed E-state index contributed by atoms with van der Waals surface area (Å²) in [6, 6.07) is 0. The fourth-order valence-electron chi connectivity index (χ4n) is 0.258. The van der Waals surface area contributed by atoms with E-state index < -0.39 is 10.1 Å². The van der Waals surface area contributed by atoms with Crippen molar-refractivity contribution in [1.29, 1.82) is 0 Å². The van der Waals surface area contributed by atoms with Crippen LogP contribution >= 0.6 is 0 Å². The summed E-state index contributed by atoms with van der Waals surface area (Å²) < 4.78 is 27.6. The molecule has 0 spiro atoms. The van der Waals surface area contributed by atoms with Crippen LogP contribution < -0.4 is 29.6 Å². The van der Waals surface area contributed by atoms with Gasteiger partial charge in [0.2, 0.25) is 0 Å². The Kier molecular flexibility index (Phi) is 12.9. The number of hydrogen-bond acceptors (Lipinski definition) is 2. The van der Waals surface area contributed by atoms with E-state index in [1.165, 1.54) is 0 Å². The zero-order valence-corrected chi connectivity index (χ0v) is 8.90. The molecule has 0 unspecified atom stereocenters. The molecule has 9 heavy (non-hydrogen) atoms. The zero-order valence-electron chi connectivity index (χ0n) is 6.09. The van der Waals surface area contributed by atoms with Gasteiger partial charge in [0, 0.05) is 0 Å². The molecule has 0 amide bonds. The maximum atomic E-state index is 9.79. The van der Waals surface area contributed by atoms with Crippen LogP contribution in [0.2, 0.25) is 0 Å². The Morgan fingerprint density at radius 3 is 1.78 bits per heavy atom. The standard InChI is InChI=1S/C3H8O3S.CH3.Na/c1-2-3-7(4,5)6;;/h2-3H2,1H3,(H,4,5,6);1H3;/q;-1;+1. The molecule has 0 aliphatic carbocycles. The first-order valence-electron chi connectivity index (χ1n) is 2.01. The molecule has 0 bridgehead atoms. The predicted molar refractivity (Wildman–Crippen MR) is 33.1 cm³/mol. The van der Waals surface area contributed by atoms with Gasteiger partial charge >= 0.3 is 29.6 Å². The van der Waals surface area contributed by atoms with Crippen molar-refractivity contribution in [2.45, 2.75) is 13.3 Å². The van der Waals surface area contributed by atoms with E-state index in [9.17, 15) is 8.42 Å². The predicted octanol–water partition coefficient (Wildman–Crippen LogP) is -2.26. The molecule has 3 nitrogen and oxygen atoms in total. The van der Waals surface area contributed by atoms with Gasteiger partial charge in [0.1, 0.15) is 0 Å². The van der Waals surface area contributed by atoms with Gasteiger partial charge in [0.15, 0.2) is 0 Å². The van der Waals surface area contributed by atoms with Crippen molar-refractivity contribution in [3.8, 4) is 0 Å². The second kappa shape index (κ2) is 7.02. The van der Waals surface area contributed by atoms with Crippen molar-refractivity contribution in [2.75, 3.05) is 5.75 Å². The minimum absolute atomic E-state index is 0. The molecule has 0 aliphatic heterocycles. The third-order valence-electron chi connectivity index (χ3n) is 0.462. The molecular weight excluding hydrogens is 151 g/mol. The van der Waals surface area contributed by atoms with E-state index in [1.54, 1.807) is 6.92 Å². The van der Waals surface area contributed by atoms with Gasteiger partial charge in [0.25, 0.3) is 10.1 Å². The Morgan fingerprint density at radius 1 is 1.44 bits per heavy atom. The van der Waals surface area contributed by atoms with Crippen molar-refractivity contribution in [3.05, 3.63) is 7.43 Å². The second-order valence-electron chi connectivity index (χ2n) is 1.29. The molecule has 0 radical (unpaired) electrons. The van der Waals surface area contributed by atoms with Gasteiger partial charge in [-0.1, -0.05) is 6.92 Å². The van der Waals surface area contributed by atoms with Crippen LogP contribution in [-0.4, -0.2) is 18.7 Å². The Hall–Kier alpha value is 0.910. The molecule has 1 N–H and O–H groups in total. The molecule has 0 saturated heterocycles. The second-order valence-corrected chi connectivity index (χ2v) is 2.86. The molecule has 0 aromatic heterocycles. The summed E-state index contributed by atoms with van der Waals surface area (Å²) in [5.41, 5.74) is 0. The number of rotatable bonds is 2. The Bertz CT molecular complexity index is 129. The van der Waals surface area contributed by atoms with Crippen molar-refractivity contribution < 1.29 is 42.5 Å². The average molecular weight is 162 g/mol. The maximum Gasteiger partial charge on any atom is 1.00 e. The van der Waals surface area contributed by atoms with E-state index in [2.05, 4.69) is 0 Å². The van der Waals surface area contributed by atoms with Crippen LogP contribution in [0.15, 0.2) is 0 Å². The van der Waals surface area contributed by atoms with Gasteiger partial charge in [-0.25, -0.2) is 0 Å². The van der Waals surface area contributed by atoms with Gasteiger partial charge in [-0.05, 0) is 6.42 Å². The smallest absolute Gasteiger partial charge is 0.358 e. The molecule has 0 aromatic carbocycles. The molecule has 0 saturated carbocycles. The summed E-state index contributed by atoms with van der Waals surface area (Å²) in [7, 11) is -3.67. The Labute approximate surface area is 78.9 Å². The van der Waals surface area contributed by atoms with Crippen LogP contribution in [0.25, 0.3) is 0 Å². The maximum absolute atomic E-state index is 9.79. The van der Waals surface area contributed by atoms with E-state index in [1.807, 2.05) is 0 Å². The number of hydrogen-bond donors (Lipinski definition) is 1. The first-order chi connectivity index (χ1) is 3.06. The van der Waals surface area contributed by atoms with E-state index in [4.69, 9.17) is 4.55 Å². The van der Waals surface area contributed by atoms with Crippen LogP contribution in [0, 0.1) is 7.43 Å². The minimum Gasteiger partial charge on any atom is -0.358 e. The fraction of sp³-hybridized carbons (Fsp3) is 0.750. The zero-order chi connectivity index (χ0) is 5.91. The summed E-state index contributed by atoms with van der Waals surface area (Å²) in [6.45, 7) is 1.69. The SMILES string of the molecule is CCCS(=O)(=O)O.[CH3-].[Na+]. The van der Waals surface area contributed by atoms with Gasteiger partial charge in [-0.15, -0.1) is 0 Å². The quantitative estimate of drug-likeness (QED) is 0.283. The van der Waals surface area contributed by atoms with Gasteiger partial charge in [-0.3, -0.25) is 4.55 Å². The summed E-state index contributed by atoms with van der Waals surface area (Å²) in [5, 5.41) is 0. The van der Waals surface area contributed by atoms with Crippen LogP contribution in [0.1, 0.15) is 13.3 Å². The van der Waals surface area contributed by atoms with E-state index in [0.717, 1.165) is 0 Å². The van der Waals surface area contributed by atoms with Crippen LogP contribution in [0.5, 0.6) is 0 Å². The Balaban J connectivity index is -0.000000180. The summed E-state index contributed by atoms with van der Waals surface area (Å²) >= 11 is 0. The molecule has 0 aliphatic rings. The topological polar surface area (TPSA) is 54.4 Å². The van der Waals surface area contributed by atoms with Crippen LogP contribution in [0.3, 0.4) is 0 Å². The van der Waals surface area contributed by atoms with E-state index >= 15 is 0 Å². The van der Waals surface area contributed by atoms with Crippen molar-refractivity contribution in [1.82, 2.24) is 0 Å². The normalized spacial score (nSPS) is 9.11. The minimum atomic E-state index is -3.67. The third-order valence-corrected chi connectivity index (χ3v) is 1.39. The van der Waals surface area contributed by atoms with Crippen LogP contribution in [-0.2, 0) is 10.1 Å². The van der Waals surface area contributed by atoms with Gasteiger partial charge in [0.05, 0.1) is 5.75 Å². The molecule has 0 fully saturated rings. The van der Waals surface area contributed by atoms with E-state index in [-0.39, 0.29) is 42.7 Å². The van der Waals surface area contributed by atoms with Gasteiger partial charge in [-0.2, -0.15) is 8.42 Å². The Morgan fingerprint density at radius 2 is 1.78 bits per heavy atom. The molecule has 0 aromatic rings. The largest absolute Gasteiger partial charge is 1.00 e. The fourth-order valence-corrected chi connectivity index (χ4v) is 0.774. The van der Waals surface area contributed by atoms with E-state index in [0.29, 0.717) is 6.42 Å². The molecular formula is C4H11NaO3S.